The van der Waals surface area contributed by atoms with Crippen molar-refractivity contribution in [3.63, 3.8) is 0 Å². The third-order valence-electron chi connectivity index (χ3n) is 11.1. The molecule has 1 aliphatic carbocycles. The van der Waals surface area contributed by atoms with E-state index in [1.807, 2.05) is 27.7 Å². The Balaban J connectivity index is 1.49. The van der Waals surface area contributed by atoms with Crippen LogP contribution >= 0.6 is 0 Å². The minimum absolute atomic E-state index is 0.186. The highest BCUT2D eigenvalue weighted by molar-refractivity contribution is 7.86. The van der Waals surface area contributed by atoms with E-state index in [9.17, 15) is 45.7 Å². The summed E-state index contributed by atoms with van der Waals surface area (Å²) in [6, 6.07) is 10.1. The Morgan fingerprint density at radius 1 is 0.782 bits per heavy atom. The third-order valence-corrected chi connectivity index (χ3v) is 12.7. The Hall–Kier alpha value is -4.37. The standard InChI is InChI=1S/C41H50N2O10S2/c1-27-28(15-19-36-40(2,3)32-25-30(38(44)45)13-17-34(32)42(36)21-6-8-23-54(48,49)50)11-10-12-29(27)16-20-37-41(4,5)33-26-31(39(46)47)14-18-35(33)43(37)22-7-9-24-55(51,52)53/h13-20,25-26H,6-12,21-24H2,1-5H3,(H3-,44,45,46,47,48,49,50,51,52,53)/p+1. The van der Waals surface area contributed by atoms with Crippen LogP contribution < -0.4 is 4.90 Å². The van der Waals surface area contributed by atoms with Crippen LogP contribution in [0.25, 0.3) is 0 Å². The van der Waals surface area contributed by atoms with Gasteiger partial charge in [-0.05, 0) is 118 Å². The lowest BCUT2D eigenvalue weighted by molar-refractivity contribution is -0.438. The predicted octanol–water partition coefficient (Wildman–Crippen LogP) is 7.46. The fourth-order valence-corrected chi connectivity index (χ4v) is 9.17. The molecular formula is C41H51N2O10S2+. The van der Waals surface area contributed by atoms with Crippen LogP contribution in [0.15, 0.2) is 83.1 Å². The van der Waals surface area contributed by atoms with Crippen molar-refractivity contribution < 1.29 is 50.3 Å². The van der Waals surface area contributed by atoms with Crippen molar-refractivity contribution >= 4 is 49.3 Å². The van der Waals surface area contributed by atoms with Gasteiger partial charge in [-0.25, -0.2) is 9.59 Å². The molecule has 0 atom stereocenters. The monoisotopic (exact) mass is 795 g/mol. The lowest BCUT2D eigenvalue weighted by atomic mass is 9.80. The van der Waals surface area contributed by atoms with Gasteiger partial charge in [0.15, 0.2) is 5.71 Å². The number of nitrogens with zero attached hydrogens (tertiary/aromatic N) is 2. The summed E-state index contributed by atoms with van der Waals surface area (Å²) in [5.74, 6) is -2.71. The van der Waals surface area contributed by atoms with E-state index in [1.54, 1.807) is 36.4 Å². The zero-order chi connectivity index (χ0) is 40.5. The Bertz CT molecular complexity index is 2280. The first-order valence-electron chi connectivity index (χ1n) is 18.5. The highest BCUT2D eigenvalue weighted by Crippen LogP contribution is 2.48. The second-order valence-electron chi connectivity index (χ2n) is 15.6. The molecule has 14 heteroatoms. The van der Waals surface area contributed by atoms with Crippen molar-refractivity contribution in [1.29, 1.82) is 0 Å². The highest BCUT2D eigenvalue weighted by Gasteiger charge is 2.45. The number of carbonyl (C=O) groups is 2. The van der Waals surface area contributed by atoms with Gasteiger partial charge < -0.3 is 15.1 Å². The number of anilines is 1. The fraction of sp³-hybridized carbons (Fsp3) is 0.439. The first kappa shape index (κ1) is 41.8. The molecule has 2 aliphatic heterocycles. The molecule has 0 unspecified atom stereocenters. The molecule has 12 nitrogen and oxygen atoms in total. The van der Waals surface area contributed by atoms with Gasteiger partial charge >= 0.3 is 11.9 Å². The van der Waals surface area contributed by atoms with Crippen molar-refractivity contribution in [1.82, 2.24) is 0 Å². The third kappa shape index (κ3) is 9.37. The number of carboxylic acid groups (broad SMARTS) is 2. The molecule has 0 bridgehead atoms. The molecule has 2 aromatic carbocycles. The molecule has 0 saturated heterocycles. The smallest absolute Gasteiger partial charge is 0.335 e. The van der Waals surface area contributed by atoms with E-state index in [2.05, 4.69) is 40.7 Å². The van der Waals surface area contributed by atoms with Crippen LogP contribution in [0.3, 0.4) is 0 Å². The molecule has 5 rings (SSSR count). The average molecular weight is 796 g/mol. The van der Waals surface area contributed by atoms with E-state index in [4.69, 9.17) is 0 Å². The molecule has 0 fully saturated rings. The van der Waals surface area contributed by atoms with Crippen LogP contribution in [-0.2, 0) is 31.1 Å². The molecule has 2 heterocycles. The summed E-state index contributed by atoms with van der Waals surface area (Å²) in [6.07, 6.45) is 12.5. The van der Waals surface area contributed by atoms with Gasteiger partial charge in [0.25, 0.3) is 20.2 Å². The Morgan fingerprint density at radius 3 is 2.00 bits per heavy atom. The van der Waals surface area contributed by atoms with Crippen LogP contribution in [0.2, 0.25) is 0 Å². The number of hydrogen-bond acceptors (Lipinski definition) is 7. The summed E-state index contributed by atoms with van der Waals surface area (Å²) in [5.41, 5.74) is 8.04. The van der Waals surface area contributed by atoms with Crippen molar-refractivity contribution in [2.24, 2.45) is 0 Å². The maximum Gasteiger partial charge on any atom is 0.335 e. The minimum Gasteiger partial charge on any atom is -0.478 e. The topological polar surface area (TPSA) is 190 Å². The van der Waals surface area contributed by atoms with Gasteiger partial charge in [0.2, 0.25) is 5.69 Å². The SMILES string of the molecule is CC1=C(C=CC2=[N+](CCCCS(=O)(=O)O)c3ccc(C(=O)O)cc3C2(C)C)CCCC1=CC=C1N(CCCCS(=O)(=O)O)c2ccc(C(=O)O)cc2C1(C)C. The lowest BCUT2D eigenvalue weighted by Crippen LogP contribution is -2.28. The van der Waals surface area contributed by atoms with Gasteiger partial charge in [0.05, 0.1) is 28.0 Å². The molecule has 4 N–H and O–H groups in total. The van der Waals surface area contributed by atoms with Gasteiger partial charge in [0, 0.05) is 47.5 Å². The average Bonchev–Trinajstić information content (AvgIpc) is 3.43. The molecule has 0 radical (unpaired) electrons. The van der Waals surface area contributed by atoms with E-state index in [-0.39, 0.29) is 35.5 Å². The van der Waals surface area contributed by atoms with E-state index >= 15 is 0 Å². The summed E-state index contributed by atoms with van der Waals surface area (Å²) < 4.78 is 66.1. The van der Waals surface area contributed by atoms with Crippen LogP contribution in [0.4, 0.5) is 11.4 Å². The fourth-order valence-electron chi connectivity index (χ4n) is 8.03. The lowest BCUT2D eigenvalue weighted by Gasteiger charge is -2.27. The largest absolute Gasteiger partial charge is 0.478 e. The number of allylic oxidation sites excluding steroid dienone is 8. The molecule has 2 aromatic rings. The van der Waals surface area contributed by atoms with Gasteiger partial charge in [-0.1, -0.05) is 26.0 Å². The maximum atomic E-state index is 11.9. The molecule has 0 saturated carbocycles. The molecule has 0 spiro atoms. The van der Waals surface area contributed by atoms with Gasteiger partial charge in [0.1, 0.15) is 6.54 Å². The van der Waals surface area contributed by atoms with E-state index < -0.39 is 43.0 Å². The number of fused-ring (bicyclic) bond motifs is 2. The summed E-state index contributed by atoms with van der Waals surface area (Å²) in [7, 11) is -8.18. The molecule has 55 heavy (non-hydrogen) atoms. The second-order valence-corrected chi connectivity index (χ2v) is 18.7. The second kappa shape index (κ2) is 16.0. The van der Waals surface area contributed by atoms with E-state index in [0.29, 0.717) is 25.9 Å². The van der Waals surface area contributed by atoms with E-state index in [1.165, 1.54) is 0 Å². The minimum atomic E-state index is -4.09. The predicted molar refractivity (Wildman–Crippen MR) is 213 cm³/mol. The molecular weight excluding hydrogens is 745 g/mol. The number of hydrogen-bond donors (Lipinski definition) is 4. The summed E-state index contributed by atoms with van der Waals surface area (Å²) in [4.78, 5) is 25.9. The van der Waals surface area contributed by atoms with E-state index in [0.717, 1.165) is 69.9 Å². The summed E-state index contributed by atoms with van der Waals surface area (Å²) in [5, 5.41) is 19.4. The zero-order valence-corrected chi connectivity index (χ0v) is 33.6. The normalized spacial score (nSPS) is 19.5. The van der Waals surface area contributed by atoms with Gasteiger partial charge in [-0.2, -0.15) is 21.4 Å². The van der Waals surface area contributed by atoms with Gasteiger partial charge in [-0.3, -0.25) is 9.11 Å². The first-order chi connectivity index (χ1) is 25.6. The van der Waals surface area contributed by atoms with Crippen molar-refractivity contribution in [2.45, 2.75) is 90.4 Å². The number of carboxylic acids is 2. The maximum absolute atomic E-state index is 11.9. The van der Waals surface area contributed by atoms with Crippen molar-refractivity contribution in [3.05, 3.63) is 105 Å². The Morgan fingerprint density at radius 2 is 1.38 bits per heavy atom. The molecule has 0 aromatic heterocycles. The summed E-state index contributed by atoms with van der Waals surface area (Å²) in [6.45, 7) is 11.2. The van der Waals surface area contributed by atoms with Crippen LogP contribution in [-0.4, -0.2) is 83.0 Å². The quantitative estimate of drug-likeness (QED) is 0.0796. The number of rotatable bonds is 15. The zero-order valence-electron chi connectivity index (χ0n) is 32.0. The highest BCUT2D eigenvalue weighted by atomic mass is 32.2. The van der Waals surface area contributed by atoms with Crippen LogP contribution in [0.5, 0.6) is 0 Å². The van der Waals surface area contributed by atoms with Crippen LogP contribution in [0, 0.1) is 0 Å². The molecule has 0 amide bonds. The number of aromatic carboxylic acids is 2. The molecule has 296 valence electrons. The first-order valence-corrected chi connectivity index (χ1v) is 21.7. The van der Waals surface area contributed by atoms with Crippen LogP contribution in [0.1, 0.15) is 111 Å². The van der Waals surface area contributed by atoms with Gasteiger partial charge in [-0.15, -0.1) is 0 Å². The van der Waals surface area contributed by atoms with Crippen molar-refractivity contribution in [3.8, 4) is 0 Å². The summed E-state index contributed by atoms with van der Waals surface area (Å²) >= 11 is 0. The Kier molecular flexibility index (Phi) is 12.2. The Labute approximate surface area is 323 Å². The number of unbranched alkanes of at least 4 members (excludes halogenated alkanes) is 2. The molecule has 3 aliphatic rings. The number of benzene rings is 2. The van der Waals surface area contributed by atoms with Crippen molar-refractivity contribution in [2.75, 3.05) is 29.5 Å².